The van der Waals surface area contributed by atoms with E-state index in [9.17, 15) is 9.59 Å². The Bertz CT molecular complexity index is 392. The highest BCUT2D eigenvalue weighted by Crippen LogP contribution is 2.19. The largest absolute Gasteiger partial charge is 0.468 e. The van der Waals surface area contributed by atoms with Gasteiger partial charge in [0.2, 0.25) is 0 Å². The lowest BCUT2D eigenvalue weighted by molar-refractivity contribution is -0.154. The molecule has 0 aliphatic rings. The van der Waals surface area contributed by atoms with Crippen LogP contribution < -0.4 is 0 Å². The second-order valence-corrected chi connectivity index (χ2v) is 3.31. The monoisotopic (exact) mass is 243 g/mol. The van der Waals surface area contributed by atoms with E-state index in [1.165, 1.54) is 32.5 Å². The summed E-state index contributed by atoms with van der Waals surface area (Å²) in [4.78, 5) is 26.7. The zero-order valence-corrected chi connectivity index (χ0v) is 9.52. The zero-order valence-electron chi connectivity index (χ0n) is 8.77. The molecule has 16 heavy (non-hydrogen) atoms. The van der Waals surface area contributed by atoms with Crippen molar-refractivity contribution >= 4 is 23.5 Å². The zero-order chi connectivity index (χ0) is 12.1. The lowest BCUT2D eigenvalue weighted by atomic mass is 10.1. The number of methoxy groups -OCH3 is 2. The highest BCUT2D eigenvalue weighted by molar-refractivity contribution is 6.30. The van der Waals surface area contributed by atoms with E-state index in [-0.39, 0.29) is 5.69 Å². The third-order valence-electron chi connectivity index (χ3n) is 1.91. The lowest BCUT2D eigenvalue weighted by Crippen LogP contribution is -2.25. The molecule has 5 nitrogen and oxygen atoms in total. The number of ether oxygens (including phenoxy) is 2. The molecule has 0 aromatic carbocycles. The Morgan fingerprint density at radius 1 is 1.31 bits per heavy atom. The van der Waals surface area contributed by atoms with Crippen molar-refractivity contribution in [1.82, 2.24) is 4.98 Å². The molecule has 0 saturated carbocycles. The average Bonchev–Trinajstić information content (AvgIpc) is 2.29. The van der Waals surface area contributed by atoms with Crippen LogP contribution in [0.5, 0.6) is 0 Å². The van der Waals surface area contributed by atoms with Gasteiger partial charge in [0.25, 0.3) is 0 Å². The Hall–Kier alpha value is -1.62. The second-order valence-electron chi connectivity index (χ2n) is 2.88. The molecule has 1 aromatic rings. The molecular formula is C10H10ClNO4. The summed E-state index contributed by atoms with van der Waals surface area (Å²) in [6.07, 6.45) is 1.40. The Morgan fingerprint density at radius 2 is 1.88 bits per heavy atom. The summed E-state index contributed by atoms with van der Waals surface area (Å²) in [6.45, 7) is 0. The second kappa shape index (κ2) is 5.46. The molecule has 86 valence electrons. The fourth-order valence-corrected chi connectivity index (χ4v) is 1.32. The van der Waals surface area contributed by atoms with Gasteiger partial charge in [0, 0.05) is 11.2 Å². The van der Waals surface area contributed by atoms with Crippen molar-refractivity contribution in [1.29, 1.82) is 0 Å². The van der Waals surface area contributed by atoms with Crippen LogP contribution in [-0.4, -0.2) is 31.1 Å². The van der Waals surface area contributed by atoms with Crippen molar-refractivity contribution in [2.75, 3.05) is 14.2 Å². The smallest absolute Gasteiger partial charge is 0.326 e. The van der Waals surface area contributed by atoms with Crippen LogP contribution in [0.25, 0.3) is 0 Å². The maximum Gasteiger partial charge on any atom is 0.326 e. The van der Waals surface area contributed by atoms with Gasteiger partial charge in [0.05, 0.1) is 19.9 Å². The Labute approximate surface area is 97.3 Å². The van der Waals surface area contributed by atoms with Crippen LogP contribution in [0, 0.1) is 0 Å². The molecule has 0 bridgehead atoms. The van der Waals surface area contributed by atoms with E-state index in [2.05, 4.69) is 14.5 Å². The first-order chi connectivity index (χ1) is 7.60. The first-order valence-electron chi connectivity index (χ1n) is 4.37. The van der Waals surface area contributed by atoms with Gasteiger partial charge in [0.15, 0.2) is 5.92 Å². The van der Waals surface area contributed by atoms with Crippen LogP contribution in [0.1, 0.15) is 11.6 Å². The highest BCUT2D eigenvalue weighted by Gasteiger charge is 2.31. The number of halogens is 1. The quantitative estimate of drug-likeness (QED) is 0.589. The van der Waals surface area contributed by atoms with E-state index in [0.717, 1.165) is 0 Å². The maximum absolute atomic E-state index is 11.4. The van der Waals surface area contributed by atoms with E-state index >= 15 is 0 Å². The molecule has 0 spiro atoms. The summed E-state index contributed by atoms with van der Waals surface area (Å²) in [5.41, 5.74) is 0.200. The summed E-state index contributed by atoms with van der Waals surface area (Å²) in [7, 11) is 2.37. The van der Waals surface area contributed by atoms with E-state index in [1.54, 1.807) is 0 Å². The summed E-state index contributed by atoms with van der Waals surface area (Å²) < 4.78 is 9.01. The van der Waals surface area contributed by atoms with Crippen molar-refractivity contribution in [2.45, 2.75) is 5.92 Å². The molecule has 0 aliphatic carbocycles. The molecule has 6 heteroatoms. The minimum absolute atomic E-state index is 0.200. The van der Waals surface area contributed by atoms with Crippen molar-refractivity contribution < 1.29 is 19.1 Å². The minimum atomic E-state index is -1.20. The van der Waals surface area contributed by atoms with Crippen LogP contribution in [0.4, 0.5) is 0 Å². The van der Waals surface area contributed by atoms with Gasteiger partial charge in [-0.3, -0.25) is 14.6 Å². The van der Waals surface area contributed by atoms with Gasteiger partial charge in [-0.25, -0.2) is 0 Å². The maximum atomic E-state index is 11.4. The molecule has 0 fully saturated rings. The van der Waals surface area contributed by atoms with E-state index in [1.807, 2.05) is 0 Å². The average molecular weight is 244 g/mol. The standard InChI is InChI=1S/C10H10ClNO4/c1-15-9(13)8(10(14)16-2)7-5-6(11)3-4-12-7/h3-5,8H,1-2H3. The minimum Gasteiger partial charge on any atom is -0.468 e. The topological polar surface area (TPSA) is 65.5 Å². The number of hydrogen-bond acceptors (Lipinski definition) is 5. The predicted molar refractivity (Wildman–Crippen MR) is 56.0 cm³/mol. The number of esters is 2. The van der Waals surface area contributed by atoms with Crippen molar-refractivity contribution in [3.63, 3.8) is 0 Å². The van der Waals surface area contributed by atoms with E-state index in [0.29, 0.717) is 5.02 Å². The number of rotatable bonds is 3. The van der Waals surface area contributed by atoms with Crippen LogP contribution in [0.15, 0.2) is 18.3 Å². The molecule has 0 atom stereocenters. The third kappa shape index (κ3) is 2.70. The van der Waals surface area contributed by atoms with Gasteiger partial charge >= 0.3 is 11.9 Å². The van der Waals surface area contributed by atoms with Gasteiger partial charge in [-0.15, -0.1) is 0 Å². The highest BCUT2D eigenvalue weighted by atomic mass is 35.5. The number of aromatic nitrogens is 1. The molecule has 0 saturated heterocycles. The van der Waals surface area contributed by atoms with Gasteiger partial charge in [0.1, 0.15) is 0 Å². The Morgan fingerprint density at radius 3 is 2.31 bits per heavy atom. The van der Waals surface area contributed by atoms with Crippen LogP contribution in [-0.2, 0) is 19.1 Å². The molecule has 0 N–H and O–H groups in total. The molecule has 1 heterocycles. The number of nitrogens with zero attached hydrogens (tertiary/aromatic N) is 1. The molecular weight excluding hydrogens is 234 g/mol. The Kier molecular flexibility index (Phi) is 4.25. The molecule has 1 aromatic heterocycles. The summed E-state index contributed by atoms with van der Waals surface area (Å²) >= 11 is 5.74. The first-order valence-corrected chi connectivity index (χ1v) is 4.75. The normalized spacial score (nSPS) is 10.0. The SMILES string of the molecule is COC(=O)C(C(=O)OC)c1cc(Cl)ccn1. The van der Waals surface area contributed by atoms with Gasteiger partial charge < -0.3 is 9.47 Å². The van der Waals surface area contributed by atoms with Crippen molar-refractivity contribution in [3.8, 4) is 0 Å². The summed E-state index contributed by atoms with van der Waals surface area (Å²) in [6, 6.07) is 2.96. The molecule has 0 aliphatic heterocycles. The van der Waals surface area contributed by atoms with Gasteiger partial charge in [-0.1, -0.05) is 11.6 Å². The number of carbonyl (C=O) groups excluding carboxylic acids is 2. The molecule has 0 radical (unpaired) electrons. The van der Waals surface area contributed by atoms with Crippen molar-refractivity contribution in [3.05, 3.63) is 29.0 Å². The lowest BCUT2D eigenvalue weighted by Gasteiger charge is -2.11. The number of carbonyl (C=O) groups is 2. The third-order valence-corrected chi connectivity index (χ3v) is 2.15. The van der Waals surface area contributed by atoms with Crippen LogP contribution in [0.2, 0.25) is 5.02 Å². The van der Waals surface area contributed by atoms with Gasteiger partial charge in [-0.05, 0) is 12.1 Å². The fourth-order valence-electron chi connectivity index (χ4n) is 1.15. The first kappa shape index (κ1) is 12.4. The van der Waals surface area contributed by atoms with Crippen LogP contribution in [0.3, 0.4) is 0 Å². The molecule has 0 amide bonds. The molecule has 1 rings (SSSR count). The van der Waals surface area contributed by atoms with Crippen molar-refractivity contribution in [2.24, 2.45) is 0 Å². The fraction of sp³-hybridized carbons (Fsp3) is 0.300. The summed E-state index contributed by atoms with van der Waals surface area (Å²) in [5, 5.41) is 0.378. The summed E-state index contributed by atoms with van der Waals surface area (Å²) in [5.74, 6) is -2.67. The van der Waals surface area contributed by atoms with Gasteiger partial charge in [-0.2, -0.15) is 0 Å². The van der Waals surface area contributed by atoms with E-state index in [4.69, 9.17) is 11.6 Å². The predicted octanol–water partition coefficient (Wildman–Crippen LogP) is 1.16. The Balaban J connectivity index is 3.10. The number of hydrogen-bond donors (Lipinski definition) is 0. The molecule has 0 unspecified atom stereocenters. The van der Waals surface area contributed by atoms with E-state index < -0.39 is 17.9 Å². The number of pyridine rings is 1. The van der Waals surface area contributed by atoms with Crippen LogP contribution >= 0.6 is 11.6 Å².